The highest BCUT2D eigenvalue weighted by Crippen LogP contribution is 2.19. The molecule has 0 saturated carbocycles. The number of aryl methyl sites for hydroxylation is 1. The standard InChI is InChI=1S/C12H17N3O/c1-9-4-5-10(6-13-9)15-8-12(2,3)14-7-11(15)16/h4-6,14H,7-8H2,1-3H3. The summed E-state index contributed by atoms with van der Waals surface area (Å²) in [4.78, 5) is 17.8. The number of anilines is 1. The van der Waals surface area contributed by atoms with Crippen molar-refractivity contribution in [1.82, 2.24) is 10.3 Å². The van der Waals surface area contributed by atoms with Crippen LogP contribution in [0.3, 0.4) is 0 Å². The van der Waals surface area contributed by atoms with Crippen molar-refractivity contribution < 1.29 is 4.79 Å². The lowest BCUT2D eigenvalue weighted by atomic mass is 10.0. The lowest BCUT2D eigenvalue weighted by molar-refractivity contribution is -0.119. The zero-order valence-electron chi connectivity index (χ0n) is 9.95. The number of hydrogen-bond acceptors (Lipinski definition) is 3. The number of nitrogens with zero attached hydrogens (tertiary/aromatic N) is 2. The molecule has 1 aliphatic rings. The van der Waals surface area contributed by atoms with Crippen molar-refractivity contribution >= 4 is 11.6 Å². The van der Waals surface area contributed by atoms with E-state index >= 15 is 0 Å². The van der Waals surface area contributed by atoms with Gasteiger partial charge < -0.3 is 10.2 Å². The second-order valence-electron chi connectivity index (χ2n) is 4.88. The highest BCUT2D eigenvalue weighted by Gasteiger charge is 2.31. The average Bonchev–Trinajstić information content (AvgIpc) is 2.23. The second-order valence-corrected chi connectivity index (χ2v) is 4.88. The van der Waals surface area contributed by atoms with Gasteiger partial charge in [0.2, 0.25) is 5.91 Å². The van der Waals surface area contributed by atoms with E-state index < -0.39 is 0 Å². The summed E-state index contributed by atoms with van der Waals surface area (Å²) in [6.45, 7) is 7.19. The molecule has 2 rings (SSSR count). The molecule has 0 bridgehead atoms. The fourth-order valence-corrected chi connectivity index (χ4v) is 1.80. The fourth-order valence-electron chi connectivity index (χ4n) is 1.80. The molecule has 1 N–H and O–H groups in total. The Morgan fingerprint density at radius 2 is 2.19 bits per heavy atom. The summed E-state index contributed by atoms with van der Waals surface area (Å²) < 4.78 is 0. The number of carbonyl (C=O) groups excluding carboxylic acids is 1. The van der Waals surface area contributed by atoms with E-state index in [1.165, 1.54) is 0 Å². The lowest BCUT2D eigenvalue weighted by Gasteiger charge is -2.38. The van der Waals surface area contributed by atoms with Gasteiger partial charge in [-0.15, -0.1) is 0 Å². The minimum Gasteiger partial charge on any atom is -0.308 e. The van der Waals surface area contributed by atoms with Crippen LogP contribution in [-0.4, -0.2) is 29.5 Å². The van der Waals surface area contributed by atoms with Crippen LogP contribution in [0.1, 0.15) is 19.5 Å². The van der Waals surface area contributed by atoms with Gasteiger partial charge in [0.05, 0.1) is 18.4 Å². The van der Waals surface area contributed by atoms with Crippen LogP contribution in [0, 0.1) is 6.92 Å². The minimum atomic E-state index is -0.0429. The van der Waals surface area contributed by atoms with Crippen molar-refractivity contribution in [2.24, 2.45) is 0 Å². The average molecular weight is 219 g/mol. The maximum atomic E-state index is 11.8. The number of piperazine rings is 1. The third-order valence-electron chi connectivity index (χ3n) is 2.78. The molecule has 1 saturated heterocycles. The van der Waals surface area contributed by atoms with Gasteiger partial charge in [-0.05, 0) is 32.9 Å². The minimum absolute atomic E-state index is 0.0429. The first-order chi connectivity index (χ1) is 7.48. The Balaban J connectivity index is 2.25. The largest absolute Gasteiger partial charge is 0.308 e. The Morgan fingerprint density at radius 3 is 2.81 bits per heavy atom. The van der Waals surface area contributed by atoms with Crippen molar-refractivity contribution in [2.75, 3.05) is 18.0 Å². The van der Waals surface area contributed by atoms with Gasteiger partial charge in [0.1, 0.15) is 0 Å². The van der Waals surface area contributed by atoms with Gasteiger partial charge >= 0.3 is 0 Å². The highest BCUT2D eigenvalue weighted by atomic mass is 16.2. The summed E-state index contributed by atoms with van der Waals surface area (Å²) in [5.41, 5.74) is 1.80. The molecule has 16 heavy (non-hydrogen) atoms. The van der Waals surface area contributed by atoms with E-state index in [-0.39, 0.29) is 11.4 Å². The molecule has 4 nitrogen and oxygen atoms in total. The summed E-state index contributed by atoms with van der Waals surface area (Å²) in [5, 5.41) is 3.21. The number of amides is 1. The first-order valence-electron chi connectivity index (χ1n) is 5.46. The van der Waals surface area contributed by atoms with Gasteiger partial charge in [-0.25, -0.2) is 0 Å². The SMILES string of the molecule is Cc1ccc(N2CC(C)(C)NCC2=O)cn1. The Bertz CT molecular complexity index is 397. The molecular formula is C12H17N3O. The monoisotopic (exact) mass is 219 g/mol. The summed E-state index contributed by atoms with van der Waals surface area (Å²) in [7, 11) is 0. The van der Waals surface area contributed by atoms with Crippen LogP contribution in [0.25, 0.3) is 0 Å². The van der Waals surface area contributed by atoms with Crippen molar-refractivity contribution in [2.45, 2.75) is 26.3 Å². The molecule has 1 aliphatic heterocycles. The van der Waals surface area contributed by atoms with E-state index in [1.807, 2.05) is 19.1 Å². The molecule has 1 aromatic heterocycles. The van der Waals surface area contributed by atoms with Gasteiger partial charge in [0, 0.05) is 17.8 Å². The first-order valence-corrected chi connectivity index (χ1v) is 5.46. The smallest absolute Gasteiger partial charge is 0.241 e. The molecule has 1 aromatic rings. The van der Waals surface area contributed by atoms with Crippen LogP contribution >= 0.6 is 0 Å². The summed E-state index contributed by atoms with van der Waals surface area (Å²) >= 11 is 0. The summed E-state index contributed by atoms with van der Waals surface area (Å²) in [6.07, 6.45) is 1.76. The molecule has 0 spiro atoms. The van der Waals surface area contributed by atoms with Crippen molar-refractivity contribution in [3.63, 3.8) is 0 Å². The van der Waals surface area contributed by atoms with Gasteiger partial charge in [-0.3, -0.25) is 9.78 Å². The predicted molar refractivity (Wildman–Crippen MR) is 63.4 cm³/mol. The molecule has 4 heteroatoms. The normalized spacial score (nSPS) is 19.9. The Morgan fingerprint density at radius 1 is 1.44 bits per heavy atom. The number of carbonyl (C=O) groups is 1. The summed E-state index contributed by atoms with van der Waals surface area (Å²) in [5.74, 6) is 0.102. The first kappa shape index (κ1) is 11.1. The number of aromatic nitrogens is 1. The zero-order valence-corrected chi connectivity index (χ0v) is 9.95. The van der Waals surface area contributed by atoms with E-state index in [2.05, 4.69) is 24.1 Å². The molecule has 0 aromatic carbocycles. The highest BCUT2D eigenvalue weighted by molar-refractivity contribution is 5.95. The van der Waals surface area contributed by atoms with E-state index in [0.717, 1.165) is 11.4 Å². The Kier molecular flexibility index (Phi) is 2.68. The molecule has 86 valence electrons. The van der Waals surface area contributed by atoms with E-state index in [9.17, 15) is 4.79 Å². The number of rotatable bonds is 1. The van der Waals surface area contributed by atoms with Crippen molar-refractivity contribution in [1.29, 1.82) is 0 Å². The molecule has 1 fully saturated rings. The molecule has 0 aliphatic carbocycles. The van der Waals surface area contributed by atoms with Crippen molar-refractivity contribution in [3.05, 3.63) is 24.0 Å². The molecule has 1 amide bonds. The maximum Gasteiger partial charge on any atom is 0.241 e. The van der Waals surface area contributed by atoms with Gasteiger partial charge in [0.25, 0.3) is 0 Å². The van der Waals surface area contributed by atoms with Gasteiger partial charge in [-0.2, -0.15) is 0 Å². The van der Waals surface area contributed by atoms with Crippen LogP contribution in [0.2, 0.25) is 0 Å². The van der Waals surface area contributed by atoms with Gasteiger partial charge in [-0.1, -0.05) is 0 Å². The van der Waals surface area contributed by atoms with Crippen LogP contribution in [0.4, 0.5) is 5.69 Å². The lowest BCUT2D eigenvalue weighted by Crippen LogP contribution is -2.60. The van der Waals surface area contributed by atoms with E-state index in [0.29, 0.717) is 13.1 Å². The van der Waals surface area contributed by atoms with E-state index in [4.69, 9.17) is 0 Å². The quantitative estimate of drug-likeness (QED) is 0.769. The Labute approximate surface area is 95.7 Å². The Hall–Kier alpha value is -1.42. The third kappa shape index (κ3) is 2.22. The fraction of sp³-hybridized carbons (Fsp3) is 0.500. The molecule has 2 heterocycles. The molecular weight excluding hydrogens is 202 g/mol. The number of pyridine rings is 1. The zero-order chi connectivity index (χ0) is 11.8. The predicted octanol–water partition coefficient (Wildman–Crippen LogP) is 1.10. The molecule has 0 atom stereocenters. The van der Waals surface area contributed by atoms with Crippen LogP contribution in [0.15, 0.2) is 18.3 Å². The summed E-state index contributed by atoms with van der Waals surface area (Å²) in [6, 6.07) is 3.87. The number of nitrogens with one attached hydrogen (secondary N) is 1. The second kappa shape index (κ2) is 3.87. The van der Waals surface area contributed by atoms with Gasteiger partial charge in [0.15, 0.2) is 0 Å². The molecule has 0 radical (unpaired) electrons. The topological polar surface area (TPSA) is 45.2 Å². The van der Waals surface area contributed by atoms with Crippen LogP contribution in [-0.2, 0) is 4.79 Å². The number of hydrogen-bond donors (Lipinski definition) is 1. The van der Waals surface area contributed by atoms with E-state index in [1.54, 1.807) is 11.1 Å². The molecule has 0 unspecified atom stereocenters. The maximum absolute atomic E-state index is 11.8. The van der Waals surface area contributed by atoms with Crippen LogP contribution < -0.4 is 10.2 Å². The third-order valence-corrected chi connectivity index (χ3v) is 2.78. The van der Waals surface area contributed by atoms with Crippen LogP contribution in [0.5, 0.6) is 0 Å². The van der Waals surface area contributed by atoms with Crippen molar-refractivity contribution in [3.8, 4) is 0 Å².